The average molecular weight is 512 g/mol. The quantitative estimate of drug-likeness (QED) is 0.250. The summed E-state index contributed by atoms with van der Waals surface area (Å²) in [6.45, 7) is 5.01. The van der Waals surface area contributed by atoms with Gasteiger partial charge in [-0.3, -0.25) is 19.8 Å². The highest BCUT2D eigenvalue weighted by atomic mass is 16.6. The van der Waals surface area contributed by atoms with E-state index in [9.17, 15) is 24.0 Å². The van der Waals surface area contributed by atoms with Crippen LogP contribution in [0.4, 0.5) is 4.79 Å². The van der Waals surface area contributed by atoms with Gasteiger partial charge in [-0.15, -0.1) is 0 Å². The van der Waals surface area contributed by atoms with Crippen LogP contribution in [0, 0.1) is 0 Å². The van der Waals surface area contributed by atoms with Crippen LogP contribution < -0.4 is 16.2 Å². The summed E-state index contributed by atoms with van der Waals surface area (Å²) < 4.78 is 10.5. The SMILES string of the molecule is CC(C)(C)OC(=O)CC[C@@H](NC(=O)C(=O)O)C(=O)NNC(=O)OCC1c2ccccc2-c2ccccc21. The van der Waals surface area contributed by atoms with E-state index < -0.39 is 41.5 Å². The molecule has 4 N–H and O–H groups in total. The Kier molecular flexibility index (Phi) is 8.49. The highest BCUT2D eigenvalue weighted by molar-refractivity contribution is 6.32. The number of carboxylic acid groups (broad SMARTS) is 1. The number of carboxylic acids is 1. The third-order valence-corrected chi connectivity index (χ3v) is 5.50. The molecule has 0 saturated carbocycles. The Balaban J connectivity index is 1.56. The van der Waals surface area contributed by atoms with Crippen molar-refractivity contribution in [3.05, 3.63) is 59.7 Å². The topological polar surface area (TPSA) is 160 Å². The first-order valence-electron chi connectivity index (χ1n) is 11.6. The summed E-state index contributed by atoms with van der Waals surface area (Å²) in [6, 6.07) is 14.2. The molecule has 2 aromatic carbocycles. The minimum atomic E-state index is -1.81. The van der Waals surface area contributed by atoms with Gasteiger partial charge in [0.1, 0.15) is 18.2 Å². The molecule has 0 fully saturated rings. The van der Waals surface area contributed by atoms with Gasteiger partial charge in [0.2, 0.25) is 0 Å². The van der Waals surface area contributed by atoms with E-state index in [-0.39, 0.29) is 25.4 Å². The molecule has 0 spiro atoms. The maximum absolute atomic E-state index is 12.6. The molecule has 196 valence electrons. The summed E-state index contributed by atoms with van der Waals surface area (Å²) in [6.07, 6.45) is -1.49. The molecule has 11 heteroatoms. The van der Waals surface area contributed by atoms with Crippen molar-refractivity contribution < 1.29 is 38.6 Å². The van der Waals surface area contributed by atoms with Crippen LogP contribution in [0.5, 0.6) is 0 Å². The van der Waals surface area contributed by atoms with Crippen LogP contribution in [-0.2, 0) is 28.7 Å². The fraction of sp³-hybridized carbons (Fsp3) is 0.346. The molecule has 0 heterocycles. The van der Waals surface area contributed by atoms with Gasteiger partial charge in [0, 0.05) is 12.3 Å². The molecule has 0 bridgehead atoms. The van der Waals surface area contributed by atoms with Gasteiger partial charge in [-0.25, -0.2) is 15.0 Å². The van der Waals surface area contributed by atoms with Gasteiger partial charge in [-0.2, -0.15) is 0 Å². The number of carbonyl (C=O) groups is 5. The third-order valence-electron chi connectivity index (χ3n) is 5.50. The smallest absolute Gasteiger partial charge is 0.426 e. The second kappa shape index (κ2) is 11.5. The van der Waals surface area contributed by atoms with E-state index >= 15 is 0 Å². The number of hydrogen-bond acceptors (Lipinski definition) is 7. The average Bonchev–Trinajstić information content (AvgIpc) is 3.16. The second-order valence-electron chi connectivity index (χ2n) is 9.40. The predicted molar refractivity (Wildman–Crippen MR) is 131 cm³/mol. The molecule has 0 unspecified atom stereocenters. The van der Waals surface area contributed by atoms with Crippen molar-refractivity contribution in [2.75, 3.05) is 6.61 Å². The van der Waals surface area contributed by atoms with Gasteiger partial charge in [-0.1, -0.05) is 48.5 Å². The summed E-state index contributed by atoms with van der Waals surface area (Å²) in [5, 5.41) is 10.9. The number of benzene rings is 2. The summed E-state index contributed by atoms with van der Waals surface area (Å²) in [7, 11) is 0. The number of hydrogen-bond donors (Lipinski definition) is 4. The van der Waals surface area contributed by atoms with E-state index in [0.717, 1.165) is 22.3 Å². The van der Waals surface area contributed by atoms with Crippen LogP contribution >= 0.6 is 0 Å². The van der Waals surface area contributed by atoms with Crippen molar-refractivity contribution in [2.45, 2.75) is 51.2 Å². The first kappa shape index (κ1) is 27.2. The Morgan fingerprint density at radius 1 is 0.919 bits per heavy atom. The van der Waals surface area contributed by atoms with Crippen LogP contribution in [0.1, 0.15) is 50.7 Å². The van der Waals surface area contributed by atoms with Gasteiger partial charge < -0.3 is 19.9 Å². The van der Waals surface area contributed by atoms with Gasteiger partial charge >= 0.3 is 23.9 Å². The molecular weight excluding hydrogens is 482 g/mol. The molecule has 37 heavy (non-hydrogen) atoms. The van der Waals surface area contributed by atoms with Crippen LogP contribution in [-0.4, -0.2) is 53.2 Å². The number of hydrazine groups is 1. The molecule has 0 radical (unpaired) electrons. The fourth-order valence-electron chi connectivity index (χ4n) is 3.98. The van der Waals surface area contributed by atoms with Crippen LogP contribution in [0.15, 0.2) is 48.5 Å². The molecule has 3 rings (SSSR count). The highest BCUT2D eigenvalue weighted by Gasteiger charge is 2.30. The van der Waals surface area contributed by atoms with Crippen molar-refractivity contribution in [2.24, 2.45) is 0 Å². The lowest BCUT2D eigenvalue weighted by Crippen LogP contribution is -2.53. The zero-order chi connectivity index (χ0) is 27.2. The number of amides is 3. The lowest BCUT2D eigenvalue weighted by molar-refractivity contribution is -0.155. The van der Waals surface area contributed by atoms with E-state index in [4.69, 9.17) is 14.6 Å². The zero-order valence-electron chi connectivity index (χ0n) is 20.7. The molecule has 11 nitrogen and oxygen atoms in total. The summed E-state index contributed by atoms with van der Waals surface area (Å²) in [4.78, 5) is 59.3. The summed E-state index contributed by atoms with van der Waals surface area (Å²) in [5.74, 6) is -5.01. The van der Waals surface area contributed by atoms with E-state index in [1.165, 1.54) is 0 Å². The molecule has 1 aliphatic rings. The van der Waals surface area contributed by atoms with E-state index in [1.807, 2.05) is 53.8 Å². The number of ether oxygens (including phenoxy) is 2. The number of carbonyl (C=O) groups excluding carboxylic acids is 4. The lowest BCUT2D eigenvalue weighted by Gasteiger charge is -2.21. The molecule has 1 atom stereocenters. The molecule has 1 aliphatic carbocycles. The molecule has 0 aromatic heterocycles. The monoisotopic (exact) mass is 511 g/mol. The molecule has 2 aromatic rings. The van der Waals surface area contributed by atoms with Crippen LogP contribution in [0.25, 0.3) is 11.1 Å². The first-order valence-corrected chi connectivity index (χ1v) is 11.6. The van der Waals surface area contributed by atoms with Crippen molar-refractivity contribution in [1.29, 1.82) is 0 Å². The van der Waals surface area contributed by atoms with Gasteiger partial charge in [0.05, 0.1) is 0 Å². The minimum absolute atomic E-state index is 0.00749. The molecule has 0 saturated heterocycles. The standard InChI is InChI=1S/C26H29N3O8/c1-26(2,3)37-21(30)13-12-20(27-23(32)24(33)34)22(31)28-29-25(35)36-14-19-17-10-6-4-8-15(17)16-9-5-7-11-18(16)19/h4-11,19-20H,12-14H2,1-3H3,(H,27,32)(H,28,31)(H,29,35)(H,33,34)/t20-/m1/s1. The summed E-state index contributed by atoms with van der Waals surface area (Å²) >= 11 is 0. The second-order valence-corrected chi connectivity index (χ2v) is 9.40. The number of nitrogens with one attached hydrogen (secondary N) is 3. The number of aliphatic carboxylic acids is 1. The Morgan fingerprint density at radius 2 is 1.49 bits per heavy atom. The van der Waals surface area contributed by atoms with Crippen molar-refractivity contribution in [3.63, 3.8) is 0 Å². The lowest BCUT2D eigenvalue weighted by atomic mass is 9.98. The maximum Gasteiger partial charge on any atom is 0.426 e. The predicted octanol–water partition coefficient (Wildman–Crippen LogP) is 2.25. The van der Waals surface area contributed by atoms with E-state index in [0.29, 0.717) is 0 Å². The van der Waals surface area contributed by atoms with Crippen molar-refractivity contribution in [1.82, 2.24) is 16.2 Å². The Labute approximate surface area is 213 Å². The number of esters is 1. The Bertz CT molecular complexity index is 1160. The minimum Gasteiger partial charge on any atom is -0.474 e. The van der Waals surface area contributed by atoms with E-state index in [1.54, 1.807) is 20.8 Å². The molecular formula is C26H29N3O8. The normalized spacial score (nSPS) is 12.9. The third kappa shape index (κ3) is 7.29. The fourth-order valence-corrected chi connectivity index (χ4v) is 3.98. The zero-order valence-corrected chi connectivity index (χ0v) is 20.7. The largest absolute Gasteiger partial charge is 0.474 e. The number of rotatable bonds is 7. The van der Waals surface area contributed by atoms with Crippen LogP contribution in [0.2, 0.25) is 0 Å². The first-order chi connectivity index (χ1) is 17.5. The Morgan fingerprint density at radius 3 is 2.03 bits per heavy atom. The number of fused-ring (bicyclic) bond motifs is 3. The van der Waals surface area contributed by atoms with Crippen molar-refractivity contribution >= 4 is 29.8 Å². The maximum atomic E-state index is 12.6. The highest BCUT2D eigenvalue weighted by Crippen LogP contribution is 2.44. The van der Waals surface area contributed by atoms with Crippen molar-refractivity contribution in [3.8, 4) is 11.1 Å². The molecule has 0 aliphatic heterocycles. The molecule has 3 amide bonds. The van der Waals surface area contributed by atoms with Gasteiger partial charge in [0.15, 0.2) is 0 Å². The Hall–Kier alpha value is -4.41. The van der Waals surface area contributed by atoms with Crippen LogP contribution in [0.3, 0.4) is 0 Å². The van der Waals surface area contributed by atoms with Gasteiger partial charge in [0.25, 0.3) is 5.91 Å². The van der Waals surface area contributed by atoms with Gasteiger partial charge in [-0.05, 0) is 49.4 Å². The van der Waals surface area contributed by atoms with E-state index in [2.05, 4.69) is 10.9 Å². The summed E-state index contributed by atoms with van der Waals surface area (Å²) in [5.41, 5.74) is 7.56.